The number of carbonyl (C=O) groups is 2. The molecule has 0 saturated carbocycles. The summed E-state index contributed by atoms with van der Waals surface area (Å²) in [5.74, 6) is 0.0604. The van der Waals surface area contributed by atoms with Gasteiger partial charge >= 0.3 is 0 Å². The molecule has 0 unspecified atom stereocenters. The summed E-state index contributed by atoms with van der Waals surface area (Å²) in [5, 5.41) is 7.18. The Hall–Kier alpha value is -4.40. The van der Waals surface area contributed by atoms with Crippen LogP contribution in [0.2, 0.25) is 0 Å². The van der Waals surface area contributed by atoms with E-state index in [1.54, 1.807) is 72.1 Å². The van der Waals surface area contributed by atoms with E-state index < -0.39 is 0 Å². The summed E-state index contributed by atoms with van der Waals surface area (Å²) in [6.45, 7) is 1.98. The standard InChI is InChI=1S/C25H24FN5O3/c1-3-29(17-23(32)28-19-7-6-8-21(15-19)34-2)25(33)22-16-27-31(20-11-9-18(26)10-12-20)24(22)30-13-4-5-14-30/h4-16H,3,17H2,1-2H3,(H,28,32). The lowest BCUT2D eigenvalue weighted by atomic mass is 10.2. The lowest BCUT2D eigenvalue weighted by Crippen LogP contribution is -2.38. The summed E-state index contributed by atoms with van der Waals surface area (Å²) in [4.78, 5) is 27.6. The summed E-state index contributed by atoms with van der Waals surface area (Å²) >= 11 is 0. The van der Waals surface area contributed by atoms with Gasteiger partial charge in [-0.05, 0) is 55.5 Å². The molecule has 4 aromatic rings. The number of hydrogen-bond acceptors (Lipinski definition) is 4. The first kappa shape index (κ1) is 22.8. The molecule has 8 nitrogen and oxygen atoms in total. The molecule has 4 rings (SSSR count). The van der Waals surface area contributed by atoms with Crippen molar-refractivity contribution in [2.24, 2.45) is 0 Å². The number of methoxy groups -OCH3 is 1. The van der Waals surface area contributed by atoms with Gasteiger partial charge in [0.2, 0.25) is 5.91 Å². The van der Waals surface area contributed by atoms with Crippen LogP contribution in [-0.4, -0.2) is 51.3 Å². The minimum absolute atomic E-state index is 0.139. The fraction of sp³-hybridized carbons (Fsp3) is 0.160. The number of amides is 2. The van der Waals surface area contributed by atoms with Gasteiger partial charge in [0.15, 0.2) is 5.82 Å². The number of ether oxygens (including phenoxy) is 1. The molecule has 0 saturated heterocycles. The SMILES string of the molecule is CCN(CC(=O)Nc1cccc(OC)c1)C(=O)c1cnn(-c2ccc(F)cc2)c1-n1cccc1. The second-order valence-corrected chi connectivity index (χ2v) is 7.46. The largest absolute Gasteiger partial charge is 0.497 e. The van der Waals surface area contributed by atoms with Gasteiger partial charge in [-0.1, -0.05) is 6.07 Å². The number of anilines is 1. The van der Waals surface area contributed by atoms with Crippen LogP contribution in [-0.2, 0) is 4.79 Å². The maximum absolute atomic E-state index is 13.5. The molecule has 174 valence electrons. The number of carbonyl (C=O) groups excluding carboxylic acids is 2. The van der Waals surface area contributed by atoms with Crippen molar-refractivity contribution in [1.29, 1.82) is 0 Å². The predicted octanol–water partition coefficient (Wildman–Crippen LogP) is 3.91. The number of rotatable bonds is 8. The van der Waals surface area contributed by atoms with E-state index in [1.165, 1.54) is 23.2 Å². The van der Waals surface area contributed by atoms with Crippen molar-refractivity contribution < 1.29 is 18.7 Å². The number of aromatic nitrogens is 3. The molecular formula is C25H24FN5O3. The topological polar surface area (TPSA) is 81.4 Å². The summed E-state index contributed by atoms with van der Waals surface area (Å²) in [7, 11) is 1.55. The lowest BCUT2D eigenvalue weighted by molar-refractivity contribution is -0.116. The van der Waals surface area contributed by atoms with E-state index in [4.69, 9.17) is 4.74 Å². The van der Waals surface area contributed by atoms with E-state index in [9.17, 15) is 14.0 Å². The van der Waals surface area contributed by atoms with Gasteiger partial charge in [0.25, 0.3) is 5.91 Å². The van der Waals surface area contributed by atoms with E-state index in [0.29, 0.717) is 35.1 Å². The van der Waals surface area contributed by atoms with Crippen LogP contribution in [0.15, 0.2) is 79.3 Å². The number of nitrogens with zero attached hydrogens (tertiary/aromatic N) is 4. The monoisotopic (exact) mass is 461 g/mol. The Balaban J connectivity index is 1.60. The van der Waals surface area contributed by atoms with Crippen molar-refractivity contribution in [2.45, 2.75) is 6.92 Å². The van der Waals surface area contributed by atoms with Gasteiger partial charge in [0, 0.05) is 30.7 Å². The predicted molar refractivity (Wildman–Crippen MR) is 126 cm³/mol. The third-order valence-corrected chi connectivity index (χ3v) is 5.25. The van der Waals surface area contributed by atoms with Crippen LogP contribution in [0, 0.1) is 5.82 Å². The van der Waals surface area contributed by atoms with Crippen LogP contribution < -0.4 is 10.1 Å². The Kier molecular flexibility index (Phi) is 6.72. The van der Waals surface area contributed by atoms with E-state index in [-0.39, 0.29) is 24.2 Å². The van der Waals surface area contributed by atoms with Crippen LogP contribution in [0.1, 0.15) is 17.3 Å². The molecular weight excluding hydrogens is 437 g/mol. The quantitative estimate of drug-likeness (QED) is 0.431. The first-order valence-corrected chi connectivity index (χ1v) is 10.7. The average molecular weight is 461 g/mol. The normalized spacial score (nSPS) is 10.7. The molecule has 0 atom stereocenters. The summed E-state index contributed by atoms with van der Waals surface area (Å²) < 4.78 is 21.9. The van der Waals surface area contributed by atoms with Crippen molar-refractivity contribution in [3.63, 3.8) is 0 Å². The Labute approximate surface area is 196 Å². The number of nitrogens with one attached hydrogen (secondary N) is 1. The van der Waals surface area contributed by atoms with Crippen LogP contribution in [0.3, 0.4) is 0 Å². The molecule has 0 bridgehead atoms. The highest BCUT2D eigenvalue weighted by molar-refractivity contribution is 6.01. The number of likely N-dealkylation sites (N-methyl/N-ethyl adjacent to an activating group) is 1. The van der Waals surface area contributed by atoms with Gasteiger partial charge in [0.1, 0.15) is 23.7 Å². The minimum atomic E-state index is -0.367. The molecule has 2 amide bonds. The fourth-order valence-electron chi connectivity index (χ4n) is 3.56. The number of halogens is 1. The molecule has 0 aliphatic rings. The lowest BCUT2D eigenvalue weighted by Gasteiger charge is -2.21. The van der Waals surface area contributed by atoms with Crippen molar-refractivity contribution in [3.8, 4) is 17.3 Å². The molecule has 9 heteroatoms. The van der Waals surface area contributed by atoms with Crippen LogP contribution >= 0.6 is 0 Å². The first-order valence-electron chi connectivity index (χ1n) is 10.7. The number of benzene rings is 2. The molecule has 0 fully saturated rings. The maximum Gasteiger partial charge on any atom is 0.259 e. The fourth-order valence-corrected chi connectivity index (χ4v) is 3.56. The Morgan fingerprint density at radius 1 is 1.09 bits per heavy atom. The summed E-state index contributed by atoms with van der Waals surface area (Å²) in [6.07, 6.45) is 5.04. The zero-order valence-electron chi connectivity index (χ0n) is 18.8. The van der Waals surface area contributed by atoms with Crippen LogP contribution in [0.5, 0.6) is 5.75 Å². The highest BCUT2D eigenvalue weighted by Gasteiger charge is 2.25. The van der Waals surface area contributed by atoms with Crippen molar-refractivity contribution in [2.75, 3.05) is 25.5 Å². The zero-order valence-corrected chi connectivity index (χ0v) is 18.8. The second kappa shape index (κ2) is 10.0. The molecule has 1 N–H and O–H groups in total. The van der Waals surface area contributed by atoms with Crippen LogP contribution in [0.25, 0.3) is 11.5 Å². The van der Waals surface area contributed by atoms with E-state index >= 15 is 0 Å². The van der Waals surface area contributed by atoms with E-state index in [2.05, 4.69) is 10.4 Å². The van der Waals surface area contributed by atoms with E-state index in [1.807, 2.05) is 12.1 Å². The van der Waals surface area contributed by atoms with Crippen molar-refractivity contribution in [1.82, 2.24) is 19.2 Å². The third kappa shape index (κ3) is 4.83. The molecule has 2 heterocycles. The Morgan fingerprint density at radius 2 is 1.82 bits per heavy atom. The highest BCUT2D eigenvalue weighted by Crippen LogP contribution is 2.22. The molecule has 0 spiro atoms. The van der Waals surface area contributed by atoms with Crippen molar-refractivity contribution >= 4 is 17.5 Å². The molecule has 2 aromatic carbocycles. The zero-order chi connectivity index (χ0) is 24.1. The summed E-state index contributed by atoms with van der Waals surface area (Å²) in [5.41, 5.74) is 1.49. The Bertz CT molecular complexity index is 1280. The molecule has 34 heavy (non-hydrogen) atoms. The number of hydrogen-bond donors (Lipinski definition) is 1. The van der Waals surface area contributed by atoms with Gasteiger partial charge in [-0.3, -0.25) is 9.59 Å². The van der Waals surface area contributed by atoms with Gasteiger partial charge in [-0.25, -0.2) is 9.07 Å². The van der Waals surface area contributed by atoms with Crippen molar-refractivity contribution in [3.05, 3.63) is 90.6 Å². The smallest absolute Gasteiger partial charge is 0.259 e. The van der Waals surface area contributed by atoms with Gasteiger partial charge in [-0.15, -0.1) is 0 Å². The first-order chi connectivity index (χ1) is 16.5. The van der Waals surface area contributed by atoms with Gasteiger partial charge < -0.3 is 19.5 Å². The maximum atomic E-state index is 13.5. The van der Waals surface area contributed by atoms with Crippen LogP contribution in [0.4, 0.5) is 10.1 Å². The third-order valence-electron chi connectivity index (χ3n) is 5.25. The van der Waals surface area contributed by atoms with Gasteiger partial charge in [-0.2, -0.15) is 5.10 Å². The highest BCUT2D eigenvalue weighted by atomic mass is 19.1. The van der Waals surface area contributed by atoms with E-state index in [0.717, 1.165) is 0 Å². The average Bonchev–Trinajstić information content (AvgIpc) is 3.52. The van der Waals surface area contributed by atoms with Gasteiger partial charge in [0.05, 0.1) is 19.0 Å². The molecule has 0 aliphatic carbocycles. The second-order valence-electron chi connectivity index (χ2n) is 7.46. The molecule has 2 aromatic heterocycles. The summed E-state index contributed by atoms with van der Waals surface area (Å²) in [6, 6.07) is 16.5. The molecule has 0 aliphatic heterocycles. The minimum Gasteiger partial charge on any atom is -0.497 e. The Morgan fingerprint density at radius 3 is 2.50 bits per heavy atom. The molecule has 0 radical (unpaired) electrons.